The van der Waals surface area contributed by atoms with E-state index >= 15 is 0 Å². The van der Waals surface area contributed by atoms with Crippen LogP contribution in [-0.2, 0) is 6.42 Å². The number of hydrogen-bond acceptors (Lipinski definition) is 4. The normalized spacial score (nSPS) is 11.0. The third-order valence-corrected chi connectivity index (χ3v) is 6.72. The number of anilines is 1. The van der Waals surface area contributed by atoms with Crippen LogP contribution in [0.4, 0.5) is 5.00 Å². The lowest BCUT2D eigenvalue weighted by Crippen LogP contribution is -2.18. The van der Waals surface area contributed by atoms with Crippen molar-refractivity contribution in [2.45, 2.75) is 34.1 Å². The molecular formula is C26H25N3O2S. The van der Waals surface area contributed by atoms with E-state index < -0.39 is 5.91 Å². The summed E-state index contributed by atoms with van der Waals surface area (Å²) in [7, 11) is 0. The second-order valence-corrected chi connectivity index (χ2v) is 9.13. The SMILES string of the molecule is CCc1c(C)sc(NC(=O)c2cc(-c3ccc(C)cc3C)nc3ccccc23)c1C(N)=O. The lowest BCUT2D eigenvalue weighted by atomic mass is 9.99. The van der Waals surface area contributed by atoms with Gasteiger partial charge >= 0.3 is 0 Å². The van der Waals surface area contributed by atoms with Crippen LogP contribution in [0.1, 0.15) is 49.2 Å². The quantitative estimate of drug-likeness (QED) is 0.409. The molecule has 3 N–H and O–H groups in total. The fourth-order valence-electron chi connectivity index (χ4n) is 4.13. The number of nitrogens with one attached hydrogen (secondary N) is 1. The molecule has 0 saturated heterocycles. The number of aromatic nitrogens is 1. The highest BCUT2D eigenvalue weighted by Gasteiger charge is 2.22. The first-order valence-electron chi connectivity index (χ1n) is 10.5. The molecule has 0 fully saturated rings. The lowest BCUT2D eigenvalue weighted by molar-refractivity contribution is 0.100. The highest BCUT2D eigenvalue weighted by molar-refractivity contribution is 7.16. The van der Waals surface area contributed by atoms with E-state index in [-0.39, 0.29) is 5.91 Å². The van der Waals surface area contributed by atoms with Crippen molar-refractivity contribution in [3.05, 3.63) is 81.2 Å². The minimum Gasteiger partial charge on any atom is -0.365 e. The van der Waals surface area contributed by atoms with E-state index in [9.17, 15) is 9.59 Å². The lowest BCUT2D eigenvalue weighted by Gasteiger charge is -2.12. The van der Waals surface area contributed by atoms with Crippen molar-refractivity contribution in [3.8, 4) is 11.3 Å². The zero-order valence-corrected chi connectivity index (χ0v) is 19.4. The van der Waals surface area contributed by atoms with Crippen LogP contribution in [0.5, 0.6) is 0 Å². The summed E-state index contributed by atoms with van der Waals surface area (Å²) in [6.07, 6.45) is 0.672. The van der Waals surface area contributed by atoms with Crippen LogP contribution in [0.25, 0.3) is 22.2 Å². The molecule has 2 aromatic carbocycles. The van der Waals surface area contributed by atoms with E-state index in [0.29, 0.717) is 22.5 Å². The summed E-state index contributed by atoms with van der Waals surface area (Å²) in [6, 6.07) is 15.6. The molecule has 0 atom stereocenters. The number of primary amides is 1. The molecule has 0 aliphatic carbocycles. The smallest absolute Gasteiger partial charge is 0.257 e. The molecule has 0 aliphatic rings. The van der Waals surface area contributed by atoms with Gasteiger partial charge in [-0.25, -0.2) is 4.98 Å². The summed E-state index contributed by atoms with van der Waals surface area (Å²) in [5, 5.41) is 4.19. The van der Waals surface area contributed by atoms with Crippen molar-refractivity contribution in [2.75, 3.05) is 5.32 Å². The van der Waals surface area contributed by atoms with E-state index in [4.69, 9.17) is 10.7 Å². The molecule has 2 amide bonds. The molecule has 32 heavy (non-hydrogen) atoms. The summed E-state index contributed by atoms with van der Waals surface area (Å²) < 4.78 is 0. The molecule has 0 radical (unpaired) electrons. The maximum atomic E-state index is 13.5. The molecule has 0 aliphatic heterocycles. The van der Waals surface area contributed by atoms with Gasteiger partial charge in [-0.2, -0.15) is 0 Å². The summed E-state index contributed by atoms with van der Waals surface area (Å²) in [5.41, 5.74) is 12.1. The largest absolute Gasteiger partial charge is 0.365 e. The van der Waals surface area contributed by atoms with Gasteiger partial charge in [0.25, 0.3) is 11.8 Å². The van der Waals surface area contributed by atoms with E-state index in [0.717, 1.165) is 38.2 Å². The Morgan fingerprint density at radius 1 is 1.06 bits per heavy atom. The molecule has 162 valence electrons. The van der Waals surface area contributed by atoms with E-state index in [2.05, 4.69) is 11.4 Å². The number of nitrogens with two attached hydrogens (primary N) is 1. The van der Waals surface area contributed by atoms with Crippen LogP contribution in [0.2, 0.25) is 0 Å². The van der Waals surface area contributed by atoms with Crippen LogP contribution in [0, 0.1) is 20.8 Å². The number of pyridine rings is 1. The Morgan fingerprint density at radius 3 is 2.50 bits per heavy atom. The Morgan fingerprint density at radius 2 is 1.81 bits per heavy atom. The molecule has 2 heterocycles. The Balaban J connectivity index is 1.84. The van der Waals surface area contributed by atoms with Crippen molar-refractivity contribution in [1.82, 2.24) is 4.98 Å². The van der Waals surface area contributed by atoms with Gasteiger partial charge in [0.1, 0.15) is 5.00 Å². The fraction of sp³-hybridized carbons (Fsp3) is 0.192. The van der Waals surface area contributed by atoms with E-state index in [1.54, 1.807) is 0 Å². The van der Waals surface area contributed by atoms with Crippen LogP contribution in [0.3, 0.4) is 0 Å². The minimum atomic E-state index is -0.531. The topological polar surface area (TPSA) is 85.1 Å². The number of thiophene rings is 1. The van der Waals surface area contributed by atoms with Gasteiger partial charge < -0.3 is 11.1 Å². The molecule has 4 rings (SSSR count). The third kappa shape index (κ3) is 3.89. The van der Waals surface area contributed by atoms with Gasteiger partial charge in [-0.1, -0.05) is 48.9 Å². The second kappa shape index (κ2) is 8.55. The summed E-state index contributed by atoms with van der Waals surface area (Å²) in [4.78, 5) is 31.4. The number of aryl methyl sites for hydroxylation is 3. The molecule has 0 unspecified atom stereocenters. The van der Waals surface area contributed by atoms with Crippen molar-refractivity contribution in [2.24, 2.45) is 5.73 Å². The number of nitrogens with zero attached hydrogens (tertiary/aromatic N) is 1. The number of rotatable bonds is 5. The highest BCUT2D eigenvalue weighted by atomic mass is 32.1. The maximum Gasteiger partial charge on any atom is 0.257 e. The summed E-state index contributed by atoms with van der Waals surface area (Å²) >= 11 is 1.38. The highest BCUT2D eigenvalue weighted by Crippen LogP contribution is 2.34. The molecule has 6 heteroatoms. The number of carbonyl (C=O) groups is 2. The first kappa shape index (κ1) is 21.7. The fourth-order valence-corrected chi connectivity index (χ4v) is 5.27. The monoisotopic (exact) mass is 443 g/mol. The average Bonchev–Trinajstić information content (AvgIpc) is 3.07. The first-order chi connectivity index (χ1) is 15.3. The van der Waals surface area contributed by atoms with Crippen molar-refractivity contribution < 1.29 is 9.59 Å². The summed E-state index contributed by atoms with van der Waals surface area (Å²) in [5.74, 6) is -0.821. The number of fused-ring (bicyclic) bond motifs is 1. The van der Waals surface area contributed by atoms with Gasteiger partial charge in [-0.15, -0.1) is 11.3 Å². The Hall–Kier alpha value is -3.51. The second-order valence-electron chi connectivity index (χ2n) is 7.90. The van der Waals surface area contributed by atoms with Gasteiger partial charge in [0.15, 0.2) is 0 Å². The van der Waals surface area contributed by atoms with Crippen LogP contribution < -0.4 is 11.1 Å². The number of hydrogen-bond donors (Lipinski definition) is 2. The molecule has 0 saturated carbocycles. The van der Waals surface area contributed by atoms with Crippen molar-refractivity contribution in [3.63, 3.8) is 0 Å². The average molecular weight is 444 g/mol. The maximum absolute atomic E-state index is 13.5. The van der Waals surface area contributed by atoms with Gasteiger partial charge in [-0.3, -0.25) is 9.59 Å². The molecule has 2 aromatic heterocycles. The Bertz CT molecular complexity index is 1370. The van der Waals surface area contributed by atoms with Gasteiger partial charge in [0.05, 0.1) is 22.3 Å². The molecule has 5 nitrogen and oxygen atoms in total. The third-order valence-electron chi connectivity index (χ3n) is 5.65. The predicted octanol–water partition coefficient (Wildman–Crippen LogP) is 5.80. The minimum absolute atomic E-state index is 0.291. The predicted molar refractivity (Wildman–Crippen MR) is 132 cm³/mol. The zero-order valence-electron chi connectivity index (χ0n) is 18.6. The van der Waals surface area contributed by atoms with Gasteiger partial charge in [-0.05, 0) is 50.5 Å². The number of carbonyl (C=O) groups excluding carboxylic acids is 2. The van der Waals surface area contributed by atoms with Crippen LogP contribution in [0.15, 0.2) is 48.5 Å². The number of para-hydroxylation sites is 1. The van der Waals surface area contributed by atoms with E-state index in [1.807, 2.05) is 70.2 Å². The molecule has 0 bridgehead atoms. The molecule has 0 spiro atoms. The summed E-state index contributed by atoms with van der Waals surface area (Å²) in [6.45, 7) is 8.00. The van der Waals surface area contributed by atoms with Gasteiger partial charge in [0, 0.05) is 15.8 Å². The molecule has 4 aromatic rings. The number of benzene rings is 2. The van der Waals surface area contributed by atoms with Crippen LogP contribution in [-0.4, -0.2) is 16.8 Å². The van der Waals surface area contributed by atoms with Crippen LogP contribution >= 0.6 is 11.3 Å². The zero-order chi connectivity index (χ0) is 23.0. The van der Waals surface area contributed by atoms with Crippen molar-refractivity contribution >= 4 is 39.1 Å². The molecular weight excluding hydrogens is 418 g/mol. The van der Waals surface area contributed by atoms with Crippen molar-refractivity contribution in [1.29, 1.82) is 0 Å². The Kier molecular flexibility index (Phi) is 5.80. The Labute approximate surface area is 191 Å². The van der Waals surface area contributed by atoms with E-state index in [1.165, 1.54) is 16.9 Å². The van der Waals surface area contributed by atoms with Gasteiger partial charge in [0.2, 0.25) is 0 Å². The first-order valence-corrected chi connectivity index (χ1v) is 11.3. The number of amides is 2. The standard InChI is InChI=1S/C26H25N3O2S/c1-5-17-16(4)32-26(23(17)24(27)30)29-25(31)20-13-22(18-11-10-14(2)12-15(18)3)28-21-9-7-6-8-19(20)21/h6-13H,5H2,1-4H3,(H2,27,30)(H,29,31).